The van der Waals surface area contributed by atoms with E-state index in [2.05, 4.69) is 6.58 Å². The number of hydrogen-bond donors (Lipinski definition) is 2. The first-order valence-electron chi connectivity index (χ1n) is 4.26. The van der Waals surface area contributed by atoms with Crippen LogP contribution in [0.5, 0.6) is 0 Å². The van der Waals surface area contributed by atoms with E-state index in [1.807, 2.05) is 24.3 Å². The fourth-order valence-electron chi connectivity index (χ4n) is 1.14. The lowest BCUT2D eigenvalue weighted by molar-refractivity contribution is 0.181. The molecule has 1 rings (SSSR count). The molecule has 0 fully saturated rings. The molecule has 0 aliphatic carbocycles. The van der Waals surface area contributed by atoms with Crippen LogP contribution in [0.25, 0.3) is 0 Å². The van der Waals surface area contributed by atoms with E-state index in [9.17, 15) is 5.11 Å². The Morgan fingerprint density at radius 3 is 2.38 bits per heavy atom. The van der Waals surface area contributed by atoms with E-state index in [1.165, 1.54) is 0 Å². The van der Waals surface area contributed by atoms with Crippen molar-refractivity contribution in [2.45, 2.75) is 19.1 Å². The SMILES string of the molecule is C=CC[C@H](O)c1ccc(CO)cc1. The van der Waals surface area contributed by atoms with Crippen molar-refractivity contribution in [3.05, 3.63) is 48.0 Å². The topological polar surface area (TPSA) is 40.5 Å². The molecule has 2 heteroatoms. The molecule has 0 aliphatic rings. The summed E-state index contributed by atoms with van der Waals surface area (Å²) in [5.41, 5.74) is 1.71. The quantitative estimate of drug-likeness (QED) is 0.690. The Bertz CT molecular complexity index is 264. The van der Waals surface area contributed by atoms with Gasteiger partial charge in [-0.25, -0.2) is 0 Å². The summed E-state index contributed by atoms with van der Waals surface area (Å²) < 4.78 is 0. The molecule has 0 aliphatic heterocycles. The molecule has 0 saturated heterocycles. The van der Waals surface area contributed by atoms with Crippen molar-refractivity contribution in [3.8, 4) is 0 Å². The van der Waals surface area contributed by atoms with Crippen molar-refractivity contribution in [2.75, 3.05) is 0 Å². The van der Waals surface area contributed by atoms with Gasteiger partial charge in [0.25, 0.3) is 0 Å². The molecular weight excluding hydrogens is 164 g/mol. The van der Waals surface area contributed by atoms with E-state index in [1.54, 1.807) is 6.08 Å². The van der Waals surface area contributed by atoms with Crippen LogP contribution in [-0.4, -0.2) is 10.2 Å². The molecule has 1 aromatic rings. The Morgan fingerprint density at radius 2 is 1.92 bits per heavy atom. The maximum Gasteiger partial charge on any atom is 0.0824 e. The third-order valence-corrected chi connectivity index (χ3v) is 1.94. The summed E-state index contributed by atoms with van der Waals surface area (Å²) in [4.78, 5) is 0. The van der Waals surface area contributed by atoms with Gasteiger partial charge in [-0.1, -0.05) is 30.3 Å². The van der Waals surface area contributed by atoms with Crippen LogP contribution in [-0.2, 0) is 6.61 Å². The van der Waals surface area contributed by atoms with E-state index in [0.717, 1.165) is 11.1 Å². The average molecular weight is 178 g/mol. The maximum absolute atomic E-state index is 9.55. The summed E-state index contributed by atoms with van der Waals surface area (Å²) in [6.45, 7) is 3.60. The van der Waals surface area contributed by atoms with Crippen LogP contribution in [0.3, 0.4) is 0 Å². The van der Waals surface area contributed by atoms with Gasteiger partial charge in [-0.15, -0.1) is 6.58 Å². The molecule has 2 nitrogen and oxygen atoms in total. The van der Waals surface area contributed by atoms with Gasteiger partial charge in [-0.2, -0.15) is 0 Å². The maximum atomic E-state index is 9.55. The molecule has 0 spiro atoms. The fourth-order valence-corrected chi connectivity index (χ4v) is 1.14. The molecule has 13 heavy (non-hydrogen) atoms. The van der Waals surface area contributed by atoms with Gasteiger partial charge in [0.2, 0.25) is 0 Å². The minimum absolute atomic E-state index is 0.0395. The van der Waals surface area contributed by atoms with Crippen molar-refractivity contribution in [2.24, 2.45) is 0 Å². The Kier molecular flexibility index (Phi) is 3.68. The third-order valence-electron chi connectivity index (χ3n) is 1.94. The van der Waals surface area contributed by atoms with E-state index < -0.39 is 6.10 Å². The normalized spacial score (nSPS) is 12.5. The molecule has 70 valence electrons. The second kappa shape index (κ2) is 4.80. The van der Waals surface area contributed by atoms with Crippen molar-refractivity contribution in [1.29, 1.82) is 0 Å². The first kappa shape index (κ1) is 9.96. The summed E-state index contributed by atoms with van der Waals surface area (Å²) in [6, 6.07) is 7.25. The summed E-state index contributed by atoms with van der Waals surface area (Å²) in [6.07, 6.45) is 1.76. The van der Waals surface area contributed by atoms with Gasteiger partial charge in [-0.05, 0) is 17.5 Å². The number of aliphatic hydroxyl groups excluding tert-OH is 2. The zero-order valence-electron chi connectivity index (χ0n) is 7.48. The standard InChI is InChI=1S/C11H14O2/c1-2-3-11(13)10-6-4-9(8-12)5-7-10/h2,4-7,11-13H,1,3,8H2/t11-/m0/s1. The molecule has 0 aromatic heterocycles. The molecule has 1 atom stereocenters. The second-order valence-electron chi connectivity index (χ2n) is 2.94. The molecule has 1 aromatic carbocycles. The van der Waals surface area contributed by atoms with Crippen LogP contribution < -0.4 is 0 Å². The monoisotopic (exact) mass is 178 g/mol. The number of hydrogen-bond acceptors (Lipinski definition) is 2. The van der Waals surface area contributed by atoms with E-state index in [0.29, 0.717) is 6.42 Å². The van der Waals surface area contributed by atoms with Gasteiger partial charge in [0.05, 0.1) is 12.7 Å². The van der Waals surface area contributed by atoms with Crippen LogP contribution in [0.4, 0.5) is 0 Å². The Labute approximate surface area is 78.2 Å². The lowest BCUT2D eigenvalue weighted by Crippen LogP contribution is -1.95. The summed E-state index contributed by atoms with van der Waals surface area (Å²) in [5.74, 6) is 0. The summed E-state index contributed by atoms with van der Waals surface area (Å²) in [7, 11) is 0. The van der Waals surface area contributed by atoms with E-state index in [4.69, 9.17) is 5.11 Å². The molecule has 2 N–H and O–H groups in total. The van der Waals surface area contributed by atoms with E-state index >= 15 is 0 Å². The largest absolute Gasteiger partial charge is 0.392 e. The van der Waals surface area contributed by atoms with Gasteiger partial charge in [0, 0.05) is 0 Å². The highest BCUT2D eigenvalue weighted by molar-refractivity contribution is 5.23. The van der Waals surface area contributed by atoms with Crippen molar-refractivity contribution in [3.63, 3.8) is 0 Å². The fraction of sp³-hybridized carbons (Fsp3) is 0.273. The molecular formula is C11H14O2. The molecule has 0 saturated carbocycles. The summed E-state index contributed by atoms with van der Waals surface area (Å²) >= 11 is 0. The highest BCUT2D eigenvalue weighted by atomic mass is 16.3. The first-order valence-corrected chi connectivity index (χ1v) is 4.26. The average Bonchev–Trinajstić information content (AvgIpc) is 2.18. The molecule has 0 bridgehead atoms. The van der Waals surface area contributed by atoms with Gasteiger partial charge < -0.3 is 10.2 Å². The van der Waals surface area contributed by atoms with Crippen LogP contribution in [0.2, 0.25) is 0 Å². The minimum atomic E-state index is -0.481. The predicted molar refractivity (Wildman–Crippen MR) is 52.1 cm³/mol. The van der Waals surface area contributed by atoms with Crippen molar-refractivity contribution in [1.82, 2.24) is 0 Å². The number of rotatable bonds is 4. The number of aliphatic hydroxyl groups is 2. The van der Waals surface area contributed by atoms with Crippen molar-refractivity contribution < 1.29 is 10.2 Å². The third kappa shape index (κ3) is 2.68. The van der Waals surface area contributed by atoms with Crippen LogP contribution in [0.1, 0.15) is 23.7 Å². The first-order chi connectivity index (χ1) is 6.27. The minimum Gasteiger partial charge on any atom is -0.392 e. The Hall–Kier alpha value is -1.12. The highest BCUT2D eigenvalue weighted by Crippen LogP contribution is 2.17. The smallest absolute Gasteiger partial charge is 0.0824 e. The molecule has 0 amide bonds. The lowest BCUT2D eigenvalue weighted by Gasteiger charge is -2.08. The van der Waals surface area contributed by atoms with Crippen molar-refractivity contribution >= 4 is 0 Å². The predicted octanol–water partition coefficient (Wildman–Crippen LogP) is 1.79. The Balaban J connectivity index is 2.73. The van der Waals surface area contributed by atoms with Gasteiger partial charge in [-0.3, -0.25) is 0 Å². The summed E-state index contributed by atoms with van der Waals surface area (Å²) in [5, 5.41) is 18.3. The zero-order chi connectivity index (χ0) is 9.68. The van der Waals surface area contributed by atoms with Crippen LogP contribution >= 0.6 is 0 Å². The zero-order valence-corrected chi connectivity index (χ0v) is 7.48. The Morgan fingerprint density at radius 1 is 1.31 bits per heavy atom. The second-order valence-corrected chi connectivity index (χ2v) is 2.94. The molecule has 0 heterocycles. The van der Waals surface area contributed by atoms with Crippen LogP contribution in [0.15, 0.2) is 36.9 Å². The van der Waals surface area contributed by atoms with Crippen LogP contribution in [0, 0.1) is 0 Å². The van der Waals surface area contributed by atoms with Gasteiger partial charge in [0.1, 0.15) is 0 Å². The van der Waals surface area contributed by atoms with E-state index in [-0.39, 0.29) is 6.61 Å². The number of benzene rings is 1. The lowest BCUT2D eigenvalue weighted by atomic mass is 10.1. The molecule has 0 radical (unpaired) electrons. The van der Waals surface area contributed by atoms with Gasteiger partial charge >= 0.3 is 0 Å². The van der Waals surface area contributed by atoms with Gasteiger partial charge in [0.15, 0.2) is 0 Å². The molecule has 0 unspecified atom stereocenters. The highest BCUT2D eigenvalue weighted by Gasteiger charge is 2.03.